The zero-order valence-corrected chi connectivity index (χ0v) is 47.2. The second-order valence-corrected chi connectivity index (χ2v) is 22.2. The first-order valence-electron chi connectivity index (χ1n) is 30.4. The quantitative estimate of drug-likeness (QED) is 0.0269. The summed E-state index contributed by atoms with van der Waals surface area (Å²) in [5.74, 6) is -0.273. The van der Waals surface area contributed by atoms with Crippen LogP contribution in [0.3, 0.4) is 0 Å². The van der Waals surface area contributed by atoms with Gasteiger partial charge in [-0.05, 0) is 19.3 Å². The number of hydrogen-bond donors (Lipinski definition) is 12. The molecule has 0 unspecified atom stereocenters. The summed E-state index contributed by atoms with van der Waals surface area (Å²) in [5, 5.41) is 120. The number of unbranched alkanes of at least 4 members (excludes halogenated alkanes) is 29. The number of rotatable bonds is 45. The highest BCUT2D eigenvalue weighted by atomic mass is 16.8. The van der Waals surface area contributed by atoms with Gasteiger partial charge >= 0.3 is 0 Å². The van der Waals surface area contributed by atoms with Gasteiger partial charge in [-0.1, -0.05) is 206 Å². The van der Waals surface area contributed by atoms with E-state index in [1.807, 2.05) is 6.08 Å². The molecule has 0 aromatic carbocycles. The van der Waals surface area contributed by atoms with E-state index in [1.165, 1.54) is 148 Å². The molecule has 454 valence electrons. The van der Waals surface area contributed by atoms with Gasteiger partial charge in [0.15, 0.2) is 18.9 Å². The minimum atomic E-state index is -1.97. The number of hydrogen-bond acceptors (Lipinski definition) is 18. The molecule has 0 bridgehead atoms. The third-order valence-electron chi connectivity index (χ3n) is 15.6. The SMILES string of the molecule is CCCCCCCCCCCCC/C=C/[C@H](O)[C@@H](CO[C@@H]1O[C@@H](CO)[C@@H](O[C@@H]2O[C@@H](CO)[C@H](O[C@@H]3O[C@@H](CO)[C@H](O)[C@H](O)[C@@H]3O)[C@H](O)[C@@H]2O)[C@H](O)[C@@H]1O)NC(=O)CCCCCCCCCCCCCCCCCCCCC. The Morgan fingerprint density at radius 2 is 0.805 bits per heavy atom. The predicted octanol–water partition coefficient (Wildman–Crippen LogP) is 5.38. The van der Waals surface area contributed by atoms with Crippen molar-refractivity contribution in [2.45, 2.75) is 324 Å². The Balaban J connectivity index is 1.49. The van der Waals surface area contributed by atoms with Crippen molar-refractivity contribution in [1.82, 2.24) is 5.32 Å². The van der Waals surface area contributed by atoms with E-state index in [0.717, 1.165) is 44.9 Å². The summed E-state index contributed by atoms with van der Waals surface area (Å²) >= 11 is 0. The Morgan fingerprint density at radius 3 is 1.22 bits per heavy atom. The number of allylic oxidation sites excluding steroid dienone is 1. The molecular weight excluding hydrogens is 999 g/mol. The first-order valence-corrected chi connectivity index (χ1v) is 30.4. The van der Waals surface area contributed by atoms with Crippen molar-refractivity contribution in [3.8, 4) is 0 Å². The lowest BCUT2D eigenvalue weighted by molar-refractivity contribution is -0.379. The normalized spacial score (nSPS) is 30.7. The third kappa shape index (κ3) is 26.5. The third-order valence-corrected chi connectivity index (χ3v) is 15.6. The number of aliphatic hydroxyl groups excluding tert-OH is 11. The number of carbonyl (C=O) groups is 1. The first-order chi connectivity index (χ1) is 37.3. The molecule has 12 N–H and O–H groups in total. The highest BCUT2D eigenvalue weighted by molar-refractivity contribution is 5.76. The first kappa shape index (κ1) is 69.8. The van der Waals surface area contributed by atoms with Crippen molar-refractivity contribution in [3.63, 3.8) is 0 Å². The van der Waals surface area contributed by atoms with Crippen molar-refractivity contribution in [2.24, 2.45) is 0 Å². The van der Waals surface area contributed by atoms with Gasteiger partial charge in [-0.15, -0.1) is 0 Å². The number of nitrogens with one attached hydrogen (secondary N) is 1. The van der Waals surface area contributed by atoms with Crippen molar-refractivity contribution >= 4 is 5.91 Å². The number of amides is 1. The Morgan fingerprint density at radius 1 is 0.455 bits per heavy atom. The molecule has 1 amide bonds. The maximum Gasteiger partial charge on any atom is 0.220 e. The Bertz CT molecular complexity index is 1460. The fraction of sp³-hybridized carbons (Fsp3) is 0.948. The van der Waals surface area contributed by atoms with Crippen LogP contribution in [0.2, 0.25) is 0 Å². The lowest BCUT2D eigenvalue weighted by Crippen LogP contribution is -2.66. The van der Waals surface area contributed by atoms with E-state index in [0.29, 0.717) is 6.42 Å². The Hall–Kier alpha value is -1.47. The van der Waals surface area contributed by atoms with Crippen LogP contribution in [-0.2, 0) is 33.2 Å². The van der Waals surface area contributed by atoms with E-state index in [9.17, 15) is 61.0 Å². The van der Waals surface area contributed by atoms with Crippen LogP contribution in [0.25, 0.3) is 0 Å². The van der Waals surface area contributed by atoms with E-state index in [-0.39, 0.29) is 18.9 Å². The molecular formula is C58H109NO18. The smallest absolute Gasteiger partial charge is 0.220 e. The van der Waals surface area contributed by atoms with Crippen LogP contribution in [0.1, 0.15) is 219 Å². The van der Waals surface area contributed by atoms with Gasteiger partial charge in [0.2, 0.25) is 5.91 Å². The van der Waals surface area contributed by atoms with Crippen LogP contribution in [-0.4, -0.2) is 193 Å². The van der Waals surface area contributed by atoms with Crippen molar-refractivity contribution in [3.05, 3.63) is 12.2 Å². The summed E-state index contributed by atoms with van der Waals surface area (Å²) in [5.41, 5.74) is 0. The molecule has 0 aromatic rings. The van der Waals surface area contributed by atoms with Crippen LogP contribution >= 0.6 is 0 Å². The molecule has 3 saturated heterocycles. The topological polar surface area (TPSA) is 307 Å². The summed E-state index contributed by atoms with van der Waals surface area (Å²) in [6.45, 7) is 1.73. The molecule has 3 aliphatic heterocycles. The fourth-order valence-electron chi connectivity index (χ4n) is 10.5. The van der Waals surface area contributed by atoms with Crippen LogP contribution in [0.15, 0.2) is 12.2 Å². The van der Waals surface area contributed by atoms with Gasteiger partial charge < -0.3 is 89.9 Å². The summed E-state index contributed by atoms with van der Waals surface area (Å²) < 4.78 is 34.2. The molecule has 0 saturated carbocycles. The average Bonchev–Trinajstić information content (AvgIpc) is 3.43. The predicted molar refractivity (Wildman–Crippen MR) is 291 cm³/mol. The van der Waals surface area contributed by atoms with E-state index in [4.69, 9.17) is 28.4 Å². The lowest BCUT2D eigenvalue weighted by Gasteiger charge is -2.48. The average molecular weight is 1110 g/mol. The maximum absolute atomic E-state index is 13.3. The zero-order chi connectivity index (χ0) is 56.2. The summed E-state index contributed by atoms with van der Waals surface area (Å²) in [6, 6.07) is -0.966. The summed E-state index contributed by atoms with van der Waals surface area (Å²) in [7, 11) is 0. The van der Waals surface area contributed by atoms with E-state index in [1.54, 1.807) is 6.08 Å². The van der Waals surface area contributed by atoms with Gasteiger partial charge in [-0.25, -0.2) is 0 Å². The molecule has 17 atom stereocenters. The van der Waals surface area contributed by atoms with Crippen molar-refractivity contribution < 1.29 is 89.4 Å². The zero-order valence-electron chi connectivity index (χ0n) is 47.2. The molecule has 0 aromatic heterocycles. The van der Waals surface area contributed by atoms with Gasteiger partial charge in [0.05, 0.1) is 38.6 Å². The molecule has 3 aliphatic rings. The number of carbonyl (C=O) groups excluding carboxylic acids is 1. The van der Waals surface area contributed by atoms with Gasteiger partial charge in [-0.2, -0.15) is 0 Å². The number of ether oxygens (including phenoxy) is 6. The monoisotopic (exact) mass is 1110 g/mol. The fourth-order valence-corrected chi connectivity index (χ4v) is 10.5. The maximum atomic E-state index is 13.3. The second kappa shape index (κ2) is 42.4. The van der Waals surface area contributed by atoms with Crippen LogP contribution in [0, 0.1) is 0 Å². The minimum absolute atomic E-state index is 0.249. The standard InChI is InChI=1S/C58H109NO18/c1-3-5-7-9-11-13-15-17-18-19-20-21-22-24-26-28-30-32-34-36-46(64)59-41(42(63)35-33-31-29-27-25-23-16-14-12-10-8-6-4-2)40-72-56-52(70)49(67)54(44(38-61)74-56)77-58-53(71)50(68)55(45(39-62)75-58)76-57-51(69)48(66)47(65)43(37-60)73-57/h33,35,41-45,47-58,60-63,65-71H,3-32,34,36-40H2,1-2H3,(H,59,64)/b35-33+/t41-,42+,43+,44+,45+,47+,48+,49-,50-,51+,52+,53+,54-,55+,56-,57+,58+/m1/s1. The van der Waals surface area contributed by atoms with Crippen LogP contribution in [0.4, 0.5) is 0 Å². The largest absolute Gasteiger partial charge is 0.394 e. The molecule has 19 nitrogen and oxygen atoms in total. The molecule has 0 spiro atoms. The van der Waals surface area contributed by atoms with E-state index < -0.39 is 124 Å². The molecule has 3 heterocycles. The summed E-state index contributed by atoms with van der Waals surface area (Å²) in [6.07, 6.45) is 14.8. The molecule has 0 radical (unpaired) electrons. The highest BCUT2D eigenvalue weighted by Gasteiger charge is 2.53. The lowest BCUT2D eigenvalue weighted by atomic mass is 9.96. The molecule has 0 aliphatic carbocycles. The Labute approximate surface area is 461 Å². The molecule has 19 heteroatoms. The van der Waals surface area contributed by atoms with Crippen molar-refractivity contribution in [1.29, 1.82) is 0 Å². The van der Waals surface area contributed by atoms with Gasteiger partial charge in [-0.3, -0.25) is 4.79 Å². The second-order valence-electron chi connectivity index (χ2n) is 22.2. The number of aliphatic hydroxyl groups is 11. The van der Waals surface area contributed by atoms with Crippen LogP contribution in [0.5, 0.6) is 0 Å². The van der Waals surface area contributed by atoms with Gasteiger partial charge in [0.1, 0.15) is 73.2 Å². The van der Waals surface area contributed by atoms with E-state index in [2.05, 4.69) is 19.2 Å². The summed E-state index contributed by atoms with van der Waals surface area (Å²) in [4.78, 5) is 13.3. The van der Waals surface area contributed by atoms with Crippen molar-refractivity contribution in [2.75, 3.05) is 26.4 Å². The molecule has 77 heavy (non-hydrogen) atoms. The van der Waals surface area contributed by atoms with E-state index >= 15 is 0 Å². The Kier molecular flexibility index (Phi) is 38.4. The van der Waals surface area contributed by atoms with Gasteiger partial charge in [0, 0.05) is 6.42 Å². The minimum Gasteiger partial charge on any atom is -0.394 e. The van der Waals surface area contributed by atoms with Gasteiger partial charge in [0.25, 0.3) is 0 Å². The molecule has 3 fully saturated rings. The van der Waals surface area contributed by atoms with Crippen LogP contribution < -0.4 is 5.32 Å². The molecule has 3 rings (SSSR count). The highest BCUT2D eigenvalue weighted by Crippen LogP contribution is 2.33.